The number of nitrogens with two attached hydrogens (primary N) is 1. The van der Waals surface area contributed by atoms with E-state index in [1.807, 2.05) is 6.92 Å². The molecule has 1 unspecified atom stereocenters. The van der Waals surface area contributed by atoms with Crippen LogP contribution in [0.2, 0.25) is 0 Å². The molecule has 0 aromatic carbocycles. The first-order chi connectivity index (χ1) is 9.01. The predicted molar refractivity (Wildman–Crippen MR) is 84.2 cm³/mol. The van der Waals surface area contributed by atoms with Gasteiger partial charge in [0.2, 0.25) is 0 Å². The summed E-state index contributed by atoms with van der Waals surface area (Å²) in [5.41, 5.74) is 5.91. The van der Waals surface area contributed by atoms with Crippen molar-refractivity contribution in [2.24, 2.45) is 11.7 Å². The largest absolute Gasteiger partial charge is 0.328 e. The van der Waals surface area contributed by atoms with Gasteiger partial charge in [-0.3, -0.25) is 0 Å². The molecule has 0 radical (unpaired) electrons. The number of hydrogen-bond donors (Lipinski definition) is 1. The van der Waals surface area contributed by atoms with Gasteiger partial charge >= 0.3 is 0 Å². The normalized spacial score (nSPS) is 25.7. The molecule has 1 atom stereocenters. The molecule has 120 valence electrons. The first kappa shape index (κ1) is 18.2. The lowest BCUT2D eigenvalue weighted by Crippen LogP contribution is -2.49. The smallest absolute Gasteiger partial charge is 0.281 e. The summed E-state index contributed by atoms with van der Waals surface area (Å²) in [4.78, 5) is 0. The standard InChI is InChI=1S/C13H27N3O2S.ClH/c1-12(14)13-6-10-16(11-7-13)19(17,18)15-8-4-2-3-5-9-15;/h12-13H,2-11,14H2,1H3;1H. The highest BCUT2D eigenvalue weighted by Gasteiger charge is 2.33. The minimum absolute atomic E-state index is 0. The molecule has 0 aliphatic carbocycles. The van der Waals surface area contributed by atoms with Crippen molar-refractivity contribution in [3.05, 3.63) is 0 Å². The van der Waals surface area contributed by atoms with Gasteiger partial charge in [-0.25, -0.2) is 0 Å². The Labute approximate surface area is 129 Å². The third-order valence-corrected chi connectivity index (χ3v) is 6.50. The molecule has 0 bridgehead atoms. The van der Waals surface area contributed by atoms with Gasteiger partial charge in [0.25, 0.3) is 10.2 Å². The molecule has 2 aliphatic rings. The lowest BCUT2D eigenvalue weighted by Gasteiger charge is -2.35. The highest BCUT2D eigenvalue weighted by Crippen LogP contribution is 2.24. The van der Waals surface area contributed by atoms with E-state index in [-0.39, 0.29) is 18.4 Å². The van der Waals surface area contributed by atoms with Crippen LogP contribution in [0.3, 0.4) is 0 Å². The lowest BCUT2D eigenvalue weighted by atomic mass is 9.92. The predicted octanol–water partition coefficient (Wildman–Crippen LogP) is 1.59. The van der Waals surface area contributed by atoms with Gasteiger partial charge in [-0.05, 0) is 38.5 Å². The fraction of sp³-hybridized carbons (Fsp3) is 1.00. The van der Waals surface area contributed by atoms with Gasteiger partial charge in [-0.2, -0.15) is 17.0 Å². The topological polar surface area (TPSA) is 66.6 Å². The van der Waals surface area contributed by atoms with Crippen molar-refractivity contribution < 1.29 is 8.42 Å². The Morgan fingerprint density at radius 2 is 1.40 bits per heavy atom. The highest BCUT2D eigenvalue weighted by molar-refractivity contribution is 7.86. The highest BCUT2D eigenvalue weighted by atomic mass is 35.5. The van der Waals surface area contributed by atoms with Gasteiger partial charge in [-0.1, -0.05) is 12.8 Å². The summed E-state index contributed by atoms with van der Waals surface area (Å²) in [6.45, 7) is 4.66. The Kier molecular flexibility index (Phi) is 7.21. The molecule has 0 amide bonds. The maximum absolute atomic E-state index is 12.6. The molecule has 0 aromatic heterocycles. The molecule has 2 aliphatic heterocycles. The molecule has 2 saturated heterocycles. The van der Waals surface area contributed by atoms with E-state index in [4.69, 9.17) is 5.73 Å². The molecule has 2 heterocycles. The van der Waals surface area contributed by atoms with E-state index >= 15 is 0 Å². The maximum Gasteiger partial charge on any atom is 0.281 e. The third kappa shape index (κ3) is 4.31. The molecule has 0 saturated carbocycles. The number of halogens is 1. The van der Waals surface area contributed by atoms with Crippen LogP contribution >= 0.6 is 12.4 Å². The van der Waals surface area contributed by atoms with Gasteiger partial charge in [0.15, 0.2) is 0 Å². The van der Waals surface area contributed by atoms with Crippen molar-refractivity contribution in [1.82, 2.24) is 8.61 Å². The van der Waals surface area contributed by atoms with Crippen LogP contribution in [0.5, 0.6) is 0 Å². The van der Waals surface area contributed by atoms with E-state index in [0.717, 1.165) is 38.5 Å². The molecule has 20 heavy (non-hydrogen) atoms. The number of piperidine rings is 1. The first-order valence-electron chi connectivity index (χ1n) is 7.52. The van der Waals surface area contributed by atoms with E-state index in [1.165, 1.54) is 0 Å². The van der Waals surface area contributed by atoms with E-state index in [1.54, 1.807) is 8.61 Å². The second kappa shape index (κ2) is 7.94. The molecule has 2 N–H and O–H groups in total. The number of rotatable bonds is 3. The second-order valence-electron chi connectivity index (χ2n) is 5.92. The van der Waals surface area contributed by atoms with E-state index < -0.39 is 10.2 Å². The zero-order chi connectivity index (χ0) is 13.9. The van der Waals surface area contributed by atoms with Crippen LogP contribution in [-0.4, -0.2) is 49.2 Å². The van der Waals surface area contributed by atoms with Crippen molar-refractivity contribution in [2.45, 2.75) is 51.5 Å². The Morgan fingerprint density at radius 1 is 0.950 bits per heavy atom. The Balaban J connectivity index is 0.00000200. The molecular weight excluding hydrogens is 298 g/mol. The fourth-order valence-corrected chi connectivity index (χ4v) is 4.79. The minimum atomic E-state index is -3.23. The van der Waals surface area contributed by atoms with Crippen molar-refractivity contribution >= 4 is 22.6 Å². The summed E-state index contributed by atoms with van der Waals surface area (Å²) in [6.07, 6.45) is 6.08. The summed E-state index contributed by atoms with van der Waals surface area (Å²) in [5.74, 6) is 0.468. The van der Waals surface area contributed by atoms with Gasteiger partial charge in [0, 0.05) is 32.2 Å². The molecule has 0 aromatic rings. The molecule has 5 nitrogen and oxygen atoms in total. The second-order valence-corrected chi connectivity index (χ2v) is 7.85. The quantitative estimate of drug-likeness (QED) is 0.857. The van der Waals surface area contributed by atoms with E-state index in [2.05, 4.69) is 0 Å². The summed E-state index contributed by atoms with van der Waals surface area (Å²) < 4.78 is 28.5. The van der Waals surface area contributed by atoms with Gasteiger partial charge < -0.3 is 5.73 Å². The van der Waals surface area contributed by atoms with Crippen LogP contribution in [0.4, 0.5) is 0 Å². The molecule has 2 rings (SSSR count). The lowest BCUT2D eigenvalue weighted by molar-refractivity contribution is 0.236. The number of nitrogens with zero attached hydrogens (tertiary/aromatic N) is 2. The first-order valence-corrected chi connectivity index (χ1v) is 8.92. The molecule has 7 heteroatoms. The zero-order valence-electron chi connectivity index (χ0n) is 12.3. The monoisotopic (exact) mass is 325 g/mol. The average Bonchev–Trinajstić information content (AvgIpc) is 2.68. The van der Waals surface area contributed by atoms with Crippen LogP contribution in [-0.2, 0) is 10.2 Å². The fourth-order valence-electron chi connectivity index (χ4n) is 3.07. The SMILES string of the molecule is CC(N)C1CCN(S(=O)(=O)N2CCCCCC2)CC1.Cl. The van der Waals surface area contributed by atoms with Crippen molar-refractivity contribution in [3.63, 3.8) is 0 Å². The van der Waals surface area contributed by atoms with Gasteiger partial charge in [0.05, 0.1) is 0 Å². The van der Waals surface area contributed by atoms with Crippen LogP contribution < -0.4 is 5.73 Å². The average molecular weight is 326 g/mol. The summed E-state index contributed by atoms with van der Waals surface area (Å²) in [7, 11) is -3.23. The van der Waals surface area contributed by atoms with E-state index in [9.17, 15) is 8.42 Å². The summed E-state index contributed by atoms with van der Waals surface area (Å²) in [5, 5.41) is 0. The summed E-state index contributed by atoms with van der Waals surface area (Å²) >= 11 is 0. The van der Waals surface area contributed by atoms with Crippen LogP contribution in [0, 0.1) is 5.92 Å². The van der Waals surface area contributed by atoms with Crippen LogP contribution in [0.15, 0.2) is 0 Å². The van der Waals surface area contributed by atoms with Gasteiger partial charge in [-0.15, -0.1) is 12.4 Å². The van der Waals surface area contributed by atoms with Crippen molar-refractivity contribution in [1.29, 1.82) is 0 Å². The van der Waals surface area contributed by atoms with Crippen molar-refractivity contribution in [2.75, 3.05) is 26.2 Å². The molecule has 0 spiro atoms. The maximum atomic E-state index is 12.6. The third-order valence-electron chi connectivity index (χ3n) is 4.46. The van der Waals surface area contributed by atoms with Crippen LogP contribution in [0.1, 0.15) is 45.4 Å². The Bertz CT molecular complexity index is 373. The minimum Gasteiger partial charge on any atom is -0.328 e. The summed E-state index contributed by atoms with van der Waals surface area (Å²) in [6, 6.07) is 0.169. The van der Waals surface area contributed by atoms with Gasteiger partial charge in [0.1, 0.15) is 0 Å². The molecule has 2 fully saturated rings. The molecular formula is C13H28ClN3O2S. The van der Waals surface area contributed by atoms with E-state index in [0.29, 0.717) is 32.1 Å². The Hall–Kier alpha value is 0.120. The van der Waals surface area contributed by atoms with Crippen molar-refractivity contribution in [3.8, 4) is 0 Å². The Morgan fingerprint density at radius 3 is 1.85 bits per heavy atom. The zero-order valence-corrected chi connectivity index (χ0v) is 14.0. The number of hydrogen-bond acceptors (Lipinski definition) is 3. The van der Waals surface area contributed by atoms with Crippen LogP contribution in [0.25, 0.3) is 0 Å².